The van der Waals surface area contributed by atoms with Gasteiger partial charge in [-0.3, -0.25) is 0 Å². The van der Waals surface area contributed by atoms with E-state index in [0.29, 0.717) is 0 Å². The van der Waals surface area contributed by atoms with E-state index in [1.165, 1.54) is 16.6 Å². The number of nitrogens with zero attached hydrogens (tertiary/aromatic N) is 2. The second-order valence-corrected chi connectivity index (χ2v) is 4.66. The molecular formula is C17H17BrN2. The van der Waals surface area contributed by atoms with E-state index in [0.717, 1.165) is 13.1 Å². The molecule has 0 unspecified atom stereocenters. The van der Waals surface area contributed by atoms with Crippen molar-refractivity contribution in [2.75, 3.05) is 0 Å². The van der Waals surface area contributed by atoms with Gasteiger partial charge in [-0.15, -0.1) is 0 Å². The summed E-state index contributed by atoms with van der Waals surface area (Å²) in [4.78, 5) is 0. The minimum atomic E-state index is 0. The fraction of sp³-hybridized carbons (Fsp3) is 0.118. The molecule has 0 amide bonds. The van der Waals surface area contributed by atoms with Gasteiger partial charge in [-0.25, -0.2) is 9.13 Å². The van der Waals surface area contributed by atoms with Gasteiger partial charge in [-0.2, -0.15) is 0 Å². The molecule has 0 bridgehead atoms. The molecule has 3 rings (SSSR count). The maximum atomic E-state index is 3.83. The van der Waals surface area contributed by atoms with Crippen molar-refractivity contribution in [1.82, 2.24) is 4.57 Å². The summed E-state index contributed by atoms with van der Waals surface area (Å²) in [5, 5.41) is 0. The molecule has 0 atom stereocenters. The fourth-order valence-corrected chi connectivity index (χ4v) is 2.43. The molecule has 102 valence electrons. The summed E-state index contributed by atoms with van der Waals surface area (Å²) in [6.45, 7) is 5.56. The molecule has 0 fully saturated rings. The number of imidazole rings is 1. The lowest BCUT2D eigenvalue weighted by molar-refractivity contribution is -0.663. The van der Waals surface area contributed by atoms with E-state index in [2.05, 4.69) is 76.6 Å². The molecule has 0 spiro atoms. The molecule has 2 aromatic carbocycles. The topological polar surface area (TPSA) is 8.81 Å². The van der Waals surface area contributed by atoms with E-state index in [1.54, 1.807) is 0 Å². The Morgan fingerprint density at radius 2 is 1.70 bits per heavy atom. The highest BCUT2D eigenvalue weighted by Gasteiger charge is 2.13. The normalized spacial score (nSPS) is 10.2. The Kier molecular flexibility index (Phi) is 4.74. The first kappa shape index (κ1) is 14.5. The van der Waals surface area contributed by atoms with Crippen molar-refractivity contribution in [3.63, 3.8) is 0 Å². The molecule has 2 nitrogen and oxygen atoms in total. The van der Waals surface area contributed by atoms with Crippen LogP contribution >= 0.6 is 0 Å². The molecule has 0 saturated carbocycles. The van der Waals surface area contributed by atoms with Gasteiger partial charge in [-0.1, -0.05) is 55.1 Å². The van der Waals surface area contributed by atoms with E-state index >= 15 is 0 Å². The van der Waals surface area contributed by atoms with Crippen molar-refractivity contribution >= 4 is 11.0 Å². The predicted molar refractivity (Wildman–Crippen MR) is 77.9 cm³/mol. The number of hydrogen-bond donors (Lipinski definition) is 0. The summed E-state index contributed by atoms with van der Waals surface area (Å²) in [5.74, 6) is 0. The molecule has 0 saturated heterocycles. The van der Waals surface area contributed by atoms with Gasteiger partial charge in [0.05, 0.1) is 0 Å². The van der Waals surface area contributed by atoms with E-state index in [9.17, 15) is 0 Å². The van der Waals surface area contributed by atoms with Crippen LogP contribution in [0.25, 0.3) is 11.0 Å². The summed E-state index contributed by atoms with van der Waals surface area (Å²) >= 11 is 0. The van der Waals surface area contributed by atoms with Crippen LogP contribution in [0.1, 0.15) is 5.56 Å². The Balaban J connectivity index is 0.00000147. The summed E-state index contributed by atoms with van der Waals surface area (Å²) in [6.07, 6.45) is 4.10. The zero-order valence-electron chi connectivity index (χ0n) is 11.2. The fourth-order valence-electron chi connectivity index (χ4n) is 2.43. The van der Waals surface area contributed by atoms with Crippen LogP contribution in [0.15, 0.2) is 73.6 Å². The maximum absolute atomic E-state index is 3.83. The van der Waals surface area contributed by atoms with Gasteiger partial charge < -0.3 is 17.0 Å². The molecule has 1 heterocycles. The second-order valence-electron chi connectivity index (χ2n) is 4.66. The van der Waals surface area contributed by atoms with E-state index < -0.39 is 0 Å². The average molecular weight is 329 g/mol. The number of hydrogen-bond acceptors (Lipinski definition) is 0. The van der Waals surface area contributed by atoms with E-state index in [-0.39, 0.29) is 17.0 Å². The van der Waals surface area contributed by atoms with Crippen molar-refractivity contribution in [2.24, 2.45) is 0 Å². The van der Waals surface area contributed by atoms with Crippen LogP contribution in [0, 0.1) is 0 Å². The number of allylic oxidation sites excluding steroid dienone is 1. The van der Waals surface area contributed by atoms with Crippen LogP contribution in [0.2, 0.25) is 0 Å². The molecule has 0 aliphatic rings. The highest BCUT2D eigenvalue weighted by atomic mass is 79.9. The van der Waals surface area contributed by atoms with Crippen LogP contribution in [0.4, 0.5) is 0 Å². The minimum Gasteiger partial charge on any atom is -1.00 e. The Bertz CT molecular complexity index is 701. The SMILES string of the molecule is C=CCn1c[n+](Cc2ccccc2)c2ccccc21.[Br-]. The maximum Gasteiger partial charge on any atom is 0.245 e. The average Bonchev–Trinajstić information content (AvgIpc) is 2.79. The molecule has 0 aliphatic carbocycles. The lowest BCUT2D eigenvalue weighted by Crippen LogP contribution is -3.00. The van der Waals surface area contributed by atoms with Crippen LogP contribution in [-0.2, 0) is 13.1 Å². The summed E-state index contributed by atoms with van der Waals surface area (Å²) in [6, 6.07) is 19.0. The first-order valence-corrected chi connectivity index (χ1v) is 6.50. The molecule has 0 aliphatic heterocycles. The molecule has 3 heteroatoms. The lowest BCUT2D eigenvalue weighted by atomic mass is 10.2. The number of para-hydroxylation sites is 2. The minimum absolute atomic E-state index is 0. The van der Waals surface area contributed by atoms with Gasteiger partial charge in [0.15, 0.2) is 11.0 Å². The number of aromatic nitrogens is 2. The van der Waals surface area contributed by atoms with Gasteiger partial charge in [0.25, 0.3) is 0 Å². The highest BCUT2D eigenvalue weighted by Crippen LogP contribution is 2.11. The van der Waals surface area contributed by atoms with Gasteiger partial charge in [0.1, 0.15) is 13.1 Å². The zero-order valence-corrected chi connectivity index (χ0v) is 12.8. The third kappa shape index (κ3) is 2.83. The highest BCUT2D eigenvalue weighted by molar-refractivity contribution is 5.71. The van der Waals surface area contributed by atoms with Crippen molar-refractivity contribution in [3.8, 4) is 0 Å². The van der Waals surface area contributed by atoms with Gasteiger partial charge in [0, 0.05) is 0 Å². The van der Waals surface area contributed by atoms with Crippen molar-refractivity contribution < 1.29 is 21.5 Å². The van der Waals surface area contributed by atoms with E-state index in [4.69, 9.17) is 0 Å². The Labute approximate surface area is 129 Å². The van der Waals surface area contributed by atoms with Gasteiger partial charge in [0.2, 0.25) is 6.33 Å². The summed E-state index contributed by atoms with van der Waals surface area (Å²) < 4.78 is 4.51. The van der Waals surface area contributed by atoms with E-state index in [1.807, 2.05) is 6.08 Å². The predicted octanol–water partition coefficient (Wildman–Crippen LogP) is 0.167. The lowest BCUT2D eigenvalue weighted by Gasteiger charge is -1.97. The Morgan fingerprint density at radius 1 is 1.00 bits per heavy atom. The third-order valence-electron chi connectivity index (χ3n) is 3.30. The number of fused-ring (bicyclic) bond motifs is 1. The molecule has 1 aromatic heterocycles. The third-order valence-corrected chi connectivity index (χ3v) is 3.30. The number of halogens is 1. The van der Waals surface area contributed by atoms with Crippen molar-refractivity contribution in [2.45, 2.75) is 13.1 Å². The van der Waals surface area contributed by atoms with Crippen molar-refractivity contribution in [3.05, 3.63) is 79.1 Å². The first-order chi connectivity index (χ1) is 9.38. The smallest absolute Gasteiger partial charge is 0.245 e. The van der Waals surface area contributed by atoms with Crippen LogP contribution in [0.5, 0.6) is 0 Å². The Morgan fingerprint density at radius 3 is 2.45 bits per heavy atom. The molecule has 20 heavy (non-hydrogen) atoms. The van der Waals surface area contributed by atoms with Gasteiger partial charge in [-0.05, 0) is 17.7 Å². The zero-order chi connectivity index (χ0) is 13.1. The first-order valence-electron chi connectivity index (χ1n) is 6.50. The number of benzene rings is 2. The molecule has 3 aromatic rings. The second kappa shape index (κ2) is 6.53. The summed E-state index contributed by atoms with van der Waals surface area (Å²) in [5.41, 5.74) is 3.82. The summed E-state index contributed by atoms with van der Waals surface area (Å²) in [7, 11) is 0. The quantitative estimate of drug-likeness (QED) is 0.477. The monoisotopic (exact) mass is 328 g/mol. The van der Waals surface area contributed by atoms with Crippen LogP contribution in [0.3, 0.4) is 0 Å². The van der Waals surface area contributed by atoms with Crippen LogP contribution in [-0.4, -0.2) is 4.57 Å². The molecule has 0 radical (unpaired) electrons. The molecular weight excluding hydrogens is 312 g/mol. The van der Waals surface area contributed by atoms with Crippen molar-refractivity contribution in [1.29, 1.82) is 0 Å². The largest absolute Gasteiger partial charge is 1.00 e. The standard InChI is InChI=1S/C17H17N2.BrH/c1-2-12-18-14-19(13-15-8-4-3-5-9-15)17-11-7-6-10-16(17)18;/h2-11,14H,1,12-13H2;1H/q+1;/p-1. The van der Waals surface area contributed by atoms with Crippen LogP contribution < -0.4 is 21.5 Å². The number of rotatable bonds is 4. The van der Waals surface area contributed by atoms with Gasteiger partial charge >= 0.3 is 0 Å². The Hall–Kier alpha value is -1.87. The molecule has 0 N–H and O–H groups in total.